The first kappa shape index (κ1) is 19.7. The van der Waals surface area contributed by atoms with Gasteiger partial charge >= 0.3 is 0 Å². The van der Waals surface area contributed by atoms with Gasteiger partial charge in [-0.3, -0.25) is 14.5 Å². The van der Waals surface area contributed by atoms with Crippen LogP contribution in [0.4, 0.5) is 0 Å². The smallest absolute Gasteiger partial charge is 0.251 e. The summed E-state index contributed by atoms with van der Waals surface area (Å²) in [4.78, 5) is 29.7. The quantitative estimate of drug-likeness (QED) is 0.759. The van der Waals surface area contributed by atoms with Crippen molar-refractivity contribution in [1.29, 1.82) is 0 Å². The Bertz CT molecular complexity index is 698. The van der Waals surface area contributed by atoms with Gasteiger partial charge in [0.2, 0.25) is 5.91 Å². The Labute approximate surface area is 172 Å². The van der Waals surface area contributed by atoms with Crippen molar-refractivity contribution in [3.8, 4) is 0 Å². The number of amides is 2. The minimum absolute atomic E-state index is 0.0559. The van der Waals surface area contributed by atoms with E-state index < -0.39 is 0 Å². The number of nitrogens with one attached hydrogen (secondary N) is 1. The minimum atomic E-state index is -0.0559. The molecule has 4 rings (SSSR count). The molecule has 0 spiro atoms. The van der Waals surface area contributed by atoms with E-state index in [-0.39, 0.29) is 5.91 Å². The number of carbonyl (C=O) groups excluding carboxylic acids is 2. The average Bonchev–Trinajstić information content (AvgIpc) is 3.19. The van der Waals surface area contributed by atoms with Crippen LogP contribution in [-0.4, -0.2) is 59.9 Å². The highest BCUT2D eigenvalue weighted by atomic mass is 35.5. The summed E-state index contributed by atoms with van der Waals surface area (Å²) in [6, 6.07) is 7.65. The molecule has 3 fully saturated rings. The number of hydrogen-bond acceptors (Lipinski definition) is 3. The van der Waals surface area contributed by atoms with Crippen LogP contribution in [0.25, 0.3) is 0 Å². The summed E-state index contributed by atoms with van der Waals surface area (Å²) >= 11 is 5.91. The summed E-state index contributed by atoms with van der Waals surface area (Å²) in [5.74, 6) is 1.03. The van der Waals surface area contributed by atoms with Crippen molar-refractivity contribution in [3.63, 3.8) is 0 Å². The Hall–Kier alpha value is -1.59. The highest BCUT2D eigenvalue weighted by molar-refractivity contribution is 6.30. The Balaban J connectivity index is 1.33. The Morgan fingerprint density at radius 3 is 2.36 bits per heavy atom. The van der Waals surface area contributed by atoms with E-state index in [4.69, 9.17) is 11.6 Å². The first-order chi connectivity index (χ1) is 13.6. The number of nitrogens with zero attached hydrogens (tertiary/aromatic N) is 2. The van der Waals surface area contributed by atoms with Gasteiger partial charge in [-0.2, -0.15) is 0 Å². The van der Waals surface area contributed by atoms with Gasteiger partial charge in [0.15, 0.2) is 0 Å². The van der Waals surface area contributed by atoms with Crippen molar-refractivity contribution < 1.29 is 9.59 Å². The summed E-state index contributed by atoms with van der Waals surface area (Å²) in [5.41, 5.74) is 0.636. The van der Waals surface area contributed by atoms with Gasteiger partial charge in [-0.15, -0.1) is 0 Å². The molecule has 3 aliphatic rings. The molecule has 2 amide bonds. The number of halogens is 1. The number of likely N-dealkylation sites (tertiary alicyclic amines) is 2. The predicted molar refractivity (Wildman–Crippen MR) is 110 cm³/mol. The summed E-state index contributed by atoms with van der Waals surface area (Å²) in [5, 5.41) is 3.73. The van der Waals surface area contributed by atoms with Crippen LogP contribution in [0.1, 0.15) is 55.3 Å². The van der Waals surface area contributed by atoms with Crippen LogP contribution in [0.3, 0.4) is 0 Å². The van der Waals surface area contributed by atoms with Gasteiger partial charge in [-0.1, -0.05) is 11.6 Å². The third-order valence-corrected chi connectivity index (χ3v) is 6.66. The monoisotopic (exact) mass is 403 g/mol. The molecular formula is C22H30ClN3O2. The van der Waals surface area contributed by atoms with Crippen LogP contribution < -0.4 is 5.32 Å². The zero-order valence-corrected chi connectivity index (χ0v) is 17.2. The van der Waals surface area contributed by atoms with Crippen molar-refractivity contribution >= 4 is 23.4 Å². The number of hydrogen-bond donors (Lipinski definition) is 1. The van der Waals surface area contributed by atoms with Crippen LogP contribution in [0.15, 0.2) is 24.3 Å². The molecule has 5 nitrogen and oxygen atoms in total. The highest BCUT2D eigenvalue weighted by Gasteiger charge is 2.38. The molecule has 1 N–H and O–H groups in total. The molecule has 28 heavy (non-hydrogen) atoms. The molecule has 2 aliphatic heterocycles. The van der Waals surface area contributed by atoms with Crippen LogP contribution in [0.5, 0.6) is 0 Å². The van der Waals surface area contributed by atoms with E-state index in [1.54, 1.807) is 24.3 Å². The summed E-state index contributed by atoms with van der Waals surface area (Å²) in [6.07, 6.45) is 7.61. The maximum absolute atomic E-state index is 12.7. The third kappa shape index (κ3) is 4.87. The Morgan fingerprint density at radius 1 is 1.00 bits per heavy atom. The molecule has 2 heterocycles. The van der Waals surface area contributed by atoms with Gasteiger partial charge < -0.3 is 10.2 Å². The van der Waals surface area contributed by atoms with Gasteiger partial charge in [0.1, 0.15) is 0 Å². The fourth-order valence-corrected chi connectivity index (χ4v) is 4.69. The molecule has 1 aromatic rings. The predicted octanol–water partition coefficient (Wildman–Crippen LogP) is 3.33. The Kier molecular flexibility index (Phi) is 6.22. The molecule has 2 atom stereocenters. The van der Waals surface area contributed by atoms with E-state index in [1.807, 2.05) is 4.90 Å². The molecule has 152 valence electrons. The van der Waals surface area contributed by atoms with Crippen LogP contribution in [0, 0.1) is 5.92 Å². The summed E-state index contributed by atoms with van der Waals surface area (Å²) in [7, 11) is 0. The van der Waals surface area contributed by atoms with Crippen molar-refractivity contribution in [2.45, 2.75) is 57.0 Å². The second-order valence-electron chi connectivity index (χ2n) is 8.53. The zero-order chi connectivity index (χ0) is 19.5. The van der Waals surface area contributed by atoms with E-state index in [0.29, 0.717) is 41.5 Å². The first-order valence-corrected chi connectivity index (χ1v) is 11.1. The largest absolute Gasteiger partial charge is 0.350 e. The maximum atomic E-state index is 12.7. The molecule has 6 heteroatoms. The molecule has 1 aliphatic carbocycles. The van der Waals surface area contributed by atoms with Crippen LogP contribution in [0.2, 0.25) is 5.02 Å². The molecule has 2 saturated heterocycles. The lowest BCUT2D eigenvalue weighted by molar-refractivity contribution is -0.131. The van der Waals surface area contributed by atoms with Gasteiger partial charge in [-0.05, 0) is 68.7 Å². The molecule has 0 unspecified atom stereocenters. The molecule has 0 bridgehead atoms. The van der Waals surface area contributed by atoms with E-state index in [1.165, 1.54) is 12.8 Å². The fraction of sp³-hybridized carbons (Fsp3) is 0.636. The summed E-state index contributed by atoms with van der Waals surface area (Å²) in [6.45, 7) is 3.56. The number of carbonyl (C=O) groups is 2. The lowest BCUT2D eigenvalue weighted by atomic mass is 10.1. The molecule has 0 aromatic heterocycles. The van der Waals surface area contributed by atoms with Gasteiger partial charge in [0.25, 0.3) is 5.91 Å². The van der Waals surface area contributed by atoms with E-state index in [2.05, 4.69) is 10.2 Å². The van der Waals surface area contributed by atoms with Crippen molar-refractivity contribution in [3.05, 3.63) is 34.9 Å². The fourth-order valence-electron chi connectivity index (χ4n) is 4.56. The molecule has 0 radical (unpaired) electrons. The van der Waals surface area contributed by atoms with Gasteiger partial charge in [-0.25, -0.2) is 0 Å². The normalized spacial score (nSPS) is 25.2. The molecule has 1 saturated carbocycles. The molecular weight excluding hydrogens is 374 g/mol. The lowest BCUT2D eigenvalue weighted by Gasteiger charge is -2.31. The molecule has 1 aromatic carbocycles. The SMILES string of the molecule is O=C(NC[C@@H]1CC[C@H](CC(=O)N2CCCC2)N1CC1CC1)c1ccc(Cl)cc1. The van der Waals surface area contributed by atoms with Crippen molar-refractivity contribution in [2.24, 2.45) is 5.92 Å². The summed E-state index contributed by atoms with van der Waals surface area (Å²) < 4.78 is 0. The van der Waals surface area contributed by atoms with Crippen LogP contribution in [-0.2, 0) is 4.79 Å². The topological polar surface area (TPSA) is 52.7 Å². The second kappa shape index (κ2) is 8.83. The van der Waals surface area contributed by atoms with Crippen molar-refractivity contribution in [2.75, 3.05) is 26.2 Å². The Morgan fingerprint density at radius 2 is 1.68 bits per heavy atom. The zero-order valence-electron chi connectivity index (χ0n) is 16.4. The van der Waals surface area contributed by atoms with Gasteiger partial charge in [0, 0.05) is 55.3 Å². The lowest BCUT2D eigenvalue weighted by Crippen LogP contribution is -2.45. The average molecular weight is 404 g/mol. The minimum Gasteiger partial charge on any atom is -0.350 e. The van der Waals surface area contributed by atoms with E-state index in [0.717, 1.165) is 51.2 Å². The first-order valence-electron chi connectivity index (χ1n) is 10.7. The second-order valence-corrected chi connectivity index (χ2v) is 8.97. The van der Waals surface area contributed by atoms with E-state index in [9.17, 15) is 9.59 Å². The van der Waals surface area contributed by atoms with E-state index >= 15 is 0 Å². The number of rotatable bonds is 7. The van der Waals surface area contributed by atoms with Crippen molar-refractivity contribution in [1.82, 2.24) is 15.1 Å². The van der Waals surface area contributed by atoms with Gasteiger partial charge in [0.05, 0.1) is 0 Å². The third-order valence-electron chi connectivity index (χ3n) is 6.41. The standard InChI is InChI=1S/C22H30ClN3O2/c23-18-7-5-17(6-8-18)22(28)24-14-20-10-9-19(26(20)15-16-3-4-16)13-21(27)25-11-1-2-12-25/h5-8,16,19-20H,1-4,9-15H2,(H,24,28)/t19-,20+/m1/s1. The highest BCUT2D eigenvalue weighted by Crippen LogP contribution is 2.35. The number of benzene rings is 1. The van der Waals surface area contributed by atoms with Crippen LogP contribution >= 0.6 is 11.6 Å². The maximum Gasteiger partial charge on any atom is 0.251 e.